The van der Waals surface area contributed by atoms with Gasteiger partial charge < -0.3 is 14.7 Å². The molecule has 7 heteroatoms. The Labute approximate surface area is 235 Å². The van der Waals surface area contributed by atoms with Crippen molar-refractivity contribution >= 4 is 23.4 Å². The van der Waals surface area contributed by atoms with E-state index in [1.807, 2.05) is 12.1 Å². The van der Waals surface area contributed by atoms with Gasteiger partial charge in [0.15, 0.2) is 6.61 Å². The molecule has 0 saturated carbocycles. The van der Waals surface area contributed by atoms with Crippen molar-refractivity contribution in [2.75, 3.05) is 19.8 Å². The number of oxime groups is 1. The molecule has 2 rings (SSSR count). The van der Waals surface area contributed by atoms with E-state index in [9.17, 15) is 14.8 Å². The highest BCUT2D eigenvalue weighted by atomic mass is 16.6. The Morgan fingerprint density at radius 1 is 0.897 bits per heavy atom. The van der Waals surface area contributed by atoms with E-state index in [4.69, 9.17) is 14.5 Å². The van der Waals surface area contributed by atoms with Crippen molar-refractivity contribution < 1.29 is 24.3 Å². The summed E-state index contributed by atoms with van der Waals surface area (Å²) in [6, 6.07) is 5.91. The van der Waals surface area contributed by atoms with Crippen molar-refractivity contribution in [2.24, 2.45) is 10.1 Å². The lowest BCUT2D eigenvalue weighted by atomic mass is 9.68. The lowest BCUT2D eigenvalue weighted by molar-refractivity contribution is -0.155. The molecule has 1 aromatic carbocycles. The second-order valence-electron chi connectivity index (χ2n) is 10.9. The zero-order valence-corrected chi connectivity index (χ0v) is 24.7. The van der Waals surface area contributed by atoms with Crippen LogP contribution in [0, 0.1) is 6.92 Å². The van der Waals surface area contributed by atoms with Gasteiger partial charge in [0.05, 0.1) is 6.61 Å². The van der Waals surface area contributed by atoms with E-state index in [0.717, 1.165) is 61.6 Å². The Balaban J connectivity index is 1.85. The van der Waals surface area contributed by atoms with Crippen molar-refractivity contribution in [2.45, 2.75) is 123 Å². The number of esters is 2. The Kier molecular flexibility index (Phi) is 14.8. The molecule has 1 aliphatic heterocycles. The fourth-order valence-corrected chi connectivity index (χ4v) is 5.85. The van der Waals surface area contributed by atoms with Crippen molar-refractivity contribution in [3.8, 4) is 0 Å². The normalized spacial score (nSPS) is 14.5. The maximum atomic E-state index is 12.8. The molecule has 0 unspecified atom stereocenters. The quantitative estimate of drug-likeness (QED) is 0.0643. The fraction of sp³-hybridized carbons (Fsp3) is 0.688. The molecule has 0 spiro atoms. The second kappa shape index (κ2) is 17.8. The fourth-order valence-electron chi connectivity index (χ4n) is 5.85. The number of fused-ring (bicyclic) bond motifs is 1. The molecule has 218 valence electrons. The van der Waals surface area contributed by atoms with Crippen LogP contribution in [0.4, 0.5) is 0 Å². The largest absolute Gasteiger partial charge is 0.463 e. The first-order valence-corrected chi connectivity index (χ1v) is 15.1. The van der Waals surface area contributed by atoms with E-state index >= 15 is 0 Å². The van der Waals surface area contributed by atoms with Crippen LogP contribution >= 0.6 is 0 Å². The first-order chi connectivity index (χ1) is 18.9. The Morgan fingerprint density at radius 2 is 1.51 bits per heavy atom. The molecular weight excluding hydrogens is 492 g/mol. The molecule has 0 bridgehead atoms. The minimum absolute atomic E-state index is 0.114. The number of carbonyl (C=O) groups excluding carboxylic acids is 2. The van der Waals surface area contributed by atoms with Gasteiger partial charge in [-0.15, -0.1) is 0 Å². The minimum Gasteiger partial charge on any atom is -0.463 e. The summed E-state index contributed by atoms with van der Waals surface area (Å²) >= 11 is 0. The minimum atomic E-state index is -0.891. The number of nitrogens with zero attached hydrogens (tertiary/aromatic N) is 2. The molecular formula is C32H50N2O5. The van der Waals surface area contributed by atoms with Crippen LogP contribution in [0.25, 0.3) is 0 Å². The molecule has 0 fully saturated rings. The molecule has 1 heterocycles. The van der Waals surface area contributed by atoms with Crippen molar-refractivity contribution in [3.63, 3.8) is 0 Å². The number of hydrogen-bond donors (Lipinski definition) is 1. The smallest absolute Gasteiger partial charge is 0.363 e. The molecule has 1 N–H and O–H groups in total. The number of ether oxygens (including phenoxy) is 2. The van der Waals surface area contributed by atoms with Gasteiger partial charge in [-0.05, 0) is 37.3 Å². The number of hydrogen-bond acceptors (Lipinski definition) is 7. The van der Waals surface area contributed by atoms with Gasteiger partial charge in [0.1, 0.15) is 5.71 Å². The summed E-state index contributed by atoms with van der Waals surface area (Å²) in [6.45, 7) is 8.93. The van der Waals surface area contributed by atoms with Crippen LogP contribution < -0.4 is 0 Å². The Morgan fingerprint density at radius 3 is 2.10 bits per heavy atom. The summed E-state index contributed by atoms with van der Waals surface area (Å²) < 4.78 is 10.4. The van der Waals surface area contributed by atoms with Crippen molar-refractivity contribution in [3.05, 3.63) is 34.9 Å². The molecule has 0 radical (unpaired) electrons. The zero-order valence-electron chi connectivity index (χ0n) is 24.7. The number of aryl methyl sites for hydroxylation is 1. The van der Waals surface area contributed by atoms with E-state index in [-0.39, 0.29) is 11.1 Å². The average Bonchev–Trinajstić information content (AvgIpc) is 2.92. The standard InChI is InChI=1S/C32H50N2O5/c1-5-8-9-10-11-12-13-14-15-16-22-38-27(35)23-39-31(36)30(34-37)29-26-19-17-18-25(4)28(26)32(20-6-2,21-7-3)24-33-29/h17-19,37H,5-16,20-24H2,1-4H3. The SMILES string of the molecule is CCCCCCCCCCCCOC(=O)COC(=O)C(=NO)C1=NCC(CCC)(CCC)c2c(C)cccc21. The van der Waals surface area contributed by atoms with Gasteiger partial charge in [0.25, 0.3) is 0 Å². The average molecular weight is 543 g/mol. The van der Waals surface area contributed by atoms with Crippen LogP contribution in [0.3, 0.4) is 0 Å². The van der Waals surface area contributed by atoms with E-state index in [0.29, 0.717) is 18.9 Å². The lowest BCUT2D eigenvalue weighted by Crippen LogP contribution is -2.40. The highest BCUT2D eigenvalue weighted by Crippen LogP contribution is 2.41. The predicted octanol–water partition coefficient (Wildman–Crippen LogP) is 7.47. The number of carbonyl (C=O) groups is 2. The summed E-state index contributed by atoms with van der Waals surface area (Å²) in [5, 5.41) is 13.0. The van der Waals surface area contributed by atoms with Gasteiger partial charge in [-0.2, -0.15) is 0 Å². The van der Waals surface area contributed by atoms with E-state index in [2.05, 4.69) is 38.9 Å². The number of rotatable bonds is 19. The molecule has 0 aromatic heterocycles. The highest BCUT2D eigenvalue weighted by Gasteiger charge is 2.40. The highest BCUT2D eigenvalue weighted by molar-refractivity contribution is 6.69. The van der Waals surface area contributed by atoms with Gasteiger partial charge in [-0.1, -0.05) is 115 Å². The van der Waals surface area contributed by atoms with Crippen LogP contribution in [0.2, 0.25) is 0 Å². The van der Waals surface area contributed by atoms with Gasteiger partial charge in [0.2, 0.25) is 5.71 Å². The molecule has 0 atom stereocenters. The van der Waals surface area contributed by atoms with Crippen molar-refractivity contribution in [1.82, 2.24) is 0 Å². The van der Waals surface area contributed by atoms with Gasteiger partial charge >= 0.3 is 11.9 Å². The van der Waals surface area contributed by atoms with Crippen LogP contribution in [-0.4, -0.2) is 48.3 Å². The molecule has 39 heavy (non-hydrogen) atoms. The zero-order chi connectivity index (χ0) is 28.5. The molecule has 1 aromatic rings. The summed E-state index contributed by atoms with van der Waals surface area (Å²) in [4.78, 5) is 29.7. The maximum Gasteiger partial charge on any atom is 0.363 e. The maximum absolute atomic E-state index is 12.8. The number of benzene rings is 1. The Bertz CT molecular complexity index is 963. The third kappa shape index (κ3) is 9.77. The van der Waals surface area contributed by atoms with Gasteiger partial charge in [-0.25, -0.2) is 9.59 Å². The molecule has 0 amide bonds. The first kappa shape index (κ1) is 32.5. The van der Waals surface area contributed by atoms with E-state index < -0.39 is 18.5 Å². The van der Waals surface area contributed by atoms with Crippen molar-refractivity contribution in [1.29, 1.82) is 0 Å². The lowest BCUT2D eigenvalue weighted by Gasteiger charge is -2.39. The first-order valence-electron chi connectivity index (χ1n) is 15.1. The number of unbranched alkanes of at least 4 members (excludes halogenated alkanes) is 9. The monoisotopic (exact) mass is 542 g/mol. The van der Waals surface area contributed by atoms with E-state index in [1.54, 1.807) is 0 Å². The third-order valence-corrected chi connectivity index (χ3v) is 7.65. The van der Waals surface area contributed by atoms with Crippen LogP contribution in [-0.2, 0) is 24.5 Å². The summed E-state index contributed by atoms with van der Waals surface area (Å²) in [5.74, 6) is -1.50. The molecule has 0 aliphatic carbocycles. The number of aliphatic imine (C=N–C) groups is 1. The van der Waals surface area contributed by atoms with Crippen LogP contribution in [0.15, 0.2) is 28.3 Å². The topological polar surface area (TPSA) is 97.6 Å². The summed E-state index contributed by atoms with van der Waals surface area (Å²) in [5.41, 5.74) is 2.98. The molecule has 7 nitrogen and oxygen atoms in total. The second-order valence-corrected chi connectivity index (χ2v) is 10.9. The van der Waals surface area contributed by atoms with Crippen LogP contribution in [0.5, 0.6) is 0 Å². The predicted molar refractivity (Wildman–Crippen MR) is 157 cm³/mol. The summed E-state index contributed by atoms with van der Waals surface area (Å²) in [6.07, 6.45) is 16.0. The van der Waals surface area contributed by atoms with Crippen LogP contribution in [0.1, 0.15) is 127 Å². The van der Waals surface area contributed by atoms with Gasteiger partial charge in [-0.3, -0.25) is 4.99 Å². The third-order valence-electron chi connectivity index (χ3n) is 7.65. The van der Waals surface area contributed by atoms with E-state index in [1.165, 1.54) is 44.9 Å². The molecule has 1 aliphatic rings. The molecule has 0 saturated heterocycles. The summed E-state index contributed by atoms with van der Waals surface area (Å²) in [7, 11) is 0. The Hall–Kier alpha value is -2.70. The van der Waals surface area contributed by atoms with Gasteiger partial charge in [0, 0.05) is 17.5 Å².